The number of benzene rings is 1. The van der Waals surface area contributed by atoms with Gasteiger partial charge in [-0.25, -0.2) is 9.10 Å². The van der Waals surface area contributed by atoms with E-state index < -0.39 is 0 Å². The fourth-order valence-electron chi connectivity index (χ4n) is 3.89. The number of hydrogen-bond acceptors (Lipinski definition) is 5. The lowest BCUT2D eigenvalue weighted by Gasteiger charge is -2.31. The van der Waals surface area contributed by atoms with Gasteiger partial charge < -0.3 is 14.4 Å². The van der Waals surface area contributed by atoms with Gasteiger partial charge in [0.25, 0.3) is 0 Å². The quantitative estimate of drug-likeness (QED) is 0.578. The van der Waals surface area contributed by atoms with Crippen LogP contribution in [0.2, 0.25) is 0 Å². The molecule has 0 aromatic heterocycles. The van der Waals surface area contributed by atoms with Crippen LogP contribution >= 0.6 is 11.9 Å². The van der Waals surface area contributed by atoms with Crippen molar-refractivity contribution in [2.45, 2.75) is 45.6 Å². The molecule has 0 N–H and O–H groups in total. The van der Waals surface area contributed by atoms with E-state index in [0.717, 1.165) is 64.2 Å². The van der Waals surface area contributed by atoms with Crippen LogP contribution in [0.4, 0.5) is 4.79 Å². The third-order valence-electron chi connectivity index (χ3n) is 5.64. The second-order valence-electron chi connectivity index (χ2n) is 8.08. The minimum absolute atomic E-state index is 0.0572. The number of nitrogens with zero attached hydrogens (tertiary/aromatic N) is 2. The summed E-state index contributed by atoms with van der Waals surface area (Å²) in [6.07, 6.45) is 8.39. The molecule has 160 valence electrons. The maximum Gasteiger partial charge on any atom is 0.410 e. The molecule has 2 heterocycles. The van der Waals surface area contributed by atoms with Gasteiger partial charge in [-0.1, -0.05) is 30.2 Å². The van der Waals surface area contributed by atoms with Gasteiger partial charge in [-0.15, -0.1) is 0 Å². The van der Waals surface area contributed by atoms with Gasteiger partial charge >= 0.3 is 6.09 Å². The van der Waals surface area contributed by atoms with E-state index in [1.54, 1.807) is 0 Å². The number of amides is 1. The van der Waals surface area contributed by atoms with Gasteiger partial charge in [-0.3, -0.25) is 0 Å². The van der Waals surface area contributed by atoms with Gasteiger partial charge in [0.1, 0.15) is 5.75 Å². The van der Waals surface area contributed by atoms with E-state index in [9.17, 15) is 4.79 Å². The highest BCUT2D eigenvalue weighted by atomic mass is 32.2. The van der Waals surface area contributed by atoms with E-state index in [2.05, 4.69) is 34.8 Å². The molecule has 1 aromatic rings. The van der Waals surface area contributed by atoms with Gasteiger partial charge in [0.05, 0.1) is 12.7 Å². The highest BCUT2D eigenvalue weighted by molar-refractivity contribution is 7.96. The van der Waals surface area contributed by atoms with E-state index >= 15 is 0 Å². The highest BCUT2D eigenvalue weighted by Gasteiger charge is 2.24. The van der Waals surface area contributed by atoms with Crippen molar-refractivity contribution in [3.05, 3.63) is 35.9 Å². The number of piperidine rings is 1. The lowest BCUT2D eigenvalue weighted by molar-refractivity contribution is 0.0637. The van der Waals surface area contributed by atoms with Gasteiger partial charge in [0.15, 0.2) is 0 Å². The molecule has 0 saturated carbocycles. The average molecular weight is 419 g/mol. The molecular weight excluding hydrogens is 384 g/mol. The molecule has 2 aliphatic rings. The van der Waals surface area contributed by atoms with Crippen molar-refractivity contribution in [3.63, 3.8) is 0 Å². The van der Waals surface area contributed by atoms with Crippen LogP contribution in [0.1, 0.15) is 45.1 Å². The summed E-state index contributed by atoms with van der Waals surface area (Å²) in [6.45, 7) is 8.18. The maximum absolute atomic E-state index is 12.0. The number of rotatable bonds is 7. The van der Waals surface area contributed by atoms with Crippen molar-refractivity contribution in [1.29, 1.82) is 0 Å². The third-order valence-corrected chi connectivity index (χ3v) is 6.49. The van der Waals surface area contributed by atoms with Crippen molar-refractivity contribution >= 4 is 23.6 Å². The van der Waals surface area contributed by atoms with E-state index in [1.807, 2.05) is 36.8 Å². The second-order valence-corrected chi connectivity index (χ2v) is 8.96. The maximum atomic E-state index is 12.0. The van der Waals surface area contributed by atoms with Crippen molar-refractivity contribution in [3.8, 4) is 5.75 Å². The number of carbonyl (C=O) groups excluding carboxylic acids is 1. The lowest BCUT2D eigenvalue weighted by Crippen LogP contribution is -2.39. The Bertz CT molecular complexity index is 699. The predicted molar refractivity (Wildman–Crippen MR) is 120 cm³/mol. The molecule has 0 unspecified atom stereocenters. The Balaban J connectivity index is 1.41. The SMILES string of the molecule is CSN1CC=C(c2cccc(OCCC3CCN(C(=O)OC(C)C)CC3)c2)CC1. The Morgan fingerprint density at radius 1 is 1.24 bits per heavy atom. The van der Waals surface area contributed by atoms with Crippen LogP contribution in [0, 0.1) is 5.92 Å². The summed E-state index contributed by atoms with van der Waals surface area (Å²) in [4.78, 5) is 13.8. The molecular formula is C23H34N2O3S. The topological polar surface area (TPSA) is 42.0 Å². The number of likely N-dealkylation sites (tertiary alicyclic amines) is 1. The molecule has 0 radical (unpaired) electrons. The van der Waals surface area contributed by atoms with Crippen LogP contribution in [0.25, 0.3) is 5.57 Å². The predicted octanol–water partition coefficient (Wildman–Crippen LogP) is 5.08. The van der Waals surface area contributed by atoms with E-state index in [1.165, 1.54) is 11.1 Å². The standard InChI is InChI=1S/C23H34N2O3S/c1-18(2)28-23(26)24-12-7-19(8-13-24)11-16-27-22-6-4-5-21(17-22)20-9-14-25(29-3)15-10-20/h4-6,9,17-19H,7-8,10-16H2,1-3H3. The Morgan fingerprint density at radius 3 is 2.69 bits per heavy atom. The Hall–Kier alpha value is -1.66. The first-order valence-corrected chi connectivity index (χ1v) is 11.9. The summed E-state index contributed by atoms with van der Waals surface area (Å²) in [5, 5.41) is 0. The molecule has 2 aliphatic heterocycles. The third kappa shape index (κ3) is 6.68. The smallest absolute Gasteiger partial charge is 0.410 e. The van der Waals surface area contributed by atoms with Crippen molar-refractivity contribution in [2.24, 2.45) is 5.92 Å². The summed E-state index contributed by atoms with van der Waals surface area (Å²) >= 11 is 1.81. The fraction of sp³-hybridized carbons (Fsp3) is 0.609. The lowest BCUT2D eigenvalue weighted by atomic mass is 9.94. The minimum Gasteiger partial charge on any atom is -0.494 e. The monoisotopic (exact) mass is 418 g/mol. The van der Waals surface area contributed by atoms with Crippen LogP contribution in [0.3, 0.4) is 0 Å². The van der Waals surface area contributed by atoms with Crippen molar-refractivity contribution in [1.82, 2.24) is 9.21 Å². The van der Waals surface area contributed by atoms with E-state index in [-0.39, 0.29) is 12.2 Å². The van der Waals surface area contributed by atoms with Gasteiger partial charge in [-0.05, 0) is 75.0 Å². The van der Waals surface area contributed by atoms with Crippen LogP contribution in [-0.2, 0) is 4.74 Å². The van der Waals surface area contributed by atoms with Crippen molar-refractivity contribution in [2.75, 3.05) is 39.0 Å². The molecule has 1 saturated heterocycles. The molecule has 0 spiro atoms. The molecule has 5 nitrogen and oxygen atoms in total. The Kier molecular flexibility index (Phi) is 8.30. The molecule has 29 heavy (non-hydrogen) atoms. The second kappa shape index (κ2) is 10.9. The van der Waals surface area contributed by atoms with Crippen LogP contribution in [0.5, 0.6) is 5.75 Å². The first kappa shape index (κ1) is 22.0. The Labute approximate surface area is 179 Å². The molecule has 6 heteroatoms. The highest BCUT2D eigenvalue weighted by Crippen LogP contribution is 2.28. The first-order valence-electron chi connectivity index (χ1n) is 10.7. The van der Waals surface area contributed by atoms with Crippen molar-refractivity contribution < 1.29 is 14.3 Å². The van der Waals surface area contributed by atoms with Gasteiger partial charge in [0, 0.05) is 26.2 Å². The van der Waals surface area contributed by atoms with Crippen LogP contribution in [0.15, 0.2) is 30.3 Å². The molecule has 0 aliphatic carbocycles. The molecule has 0 bridgehead atoms. The van der Waals surface area contributed by atoms with Crippen LogP contribution < -0.4 is 4.74 Å². The first-order chi connectivity index (χ1) is 14.0. The van der Waals surface area contributed by atoms with E-state index in [0.29, 0.717) is 5.92 Å². The molecule has 0 atom stereocenters. The summed E-state index contributed by atoms with van der Waals surface area (Å²) in [5.41, 5.74) is 2.70. The Morgan fingerprint density at radius 2 is 2.03 bits per heavy atom. The fourth-order valence-corrected chi connectivity index (χ4v) is 4.39. The molecule has 3 rings (SSSR count). The minimum atomic E-state index is -0.177. The van der Waals surface area contributed by atoms with Crippen LogP contribution in [-0.4, -0.2) is 60.4 Å². The molecule has 1 amide bonds. The number of hydrogen-bond donors (Lipinski definition) is 0. The summed E-state index contributed by atoms with van der Waals surface area (Å²) in [7, 11) is 0. The van der Waals surface area contributed by atoms with Gasteiger partial charge in [0.2, 0.25) is 0 Å². The van der Waals surface area contributed by atoms with E-state index in [4.69, 9.17) is 9.47 Å². The zero-order valence-corrected chi connectivity index (χ0v) is 18.7. The number of ether oxygens (including phenoxy) is 2. The van der Waals surface area contributed by atoms with Gasteiger partial charge in [-0.2, -0.15) is 0 Å². The number of carbonyl (C=O) groups is 1. The zero-order chi connectivity index (χ0) is 20.6. The normalized spacial score (nSPS) is 18.6. The average Bonchev–Trinajstić information content (AvgIpc) is 2.74. The summed E-state index contributed by atoms with van der Waals surface area (Å²) < 4.78 is 13.7. The summed E-state index contributed by atoms with van der Waals surface area (Å²) in [5.74, 6) is 1.56. The summed E-state index contributed by atoms with van der Waals surface area (Å²) in [6, 6.07) is 8.49. The molecule has 1 aromatic carbocycles. The zero-order valence-electron chi connectivity index (χ0n) is 17.9. The molecule has 1 fully saturated rings. The largest absolute Gasteiger partial charge is 0.494 e.